The summed E-state index contributed by atoms with van der Waals surface area (Å²) in [5.74, 6) is -0.545. The van der Waals surface area contributed by atoms with Crippen molar-refractivity contribution < 1.29 is 19.8 Å². The van der Waals surface area contributed by atoms with E-state index in [4.69, 9.17) is 5.11 Å². The molecule has 6 nitrogen and oxygen atoms in total. The van der Waals surface area contributed by atoms with Crippen molar-refractivity contribution in [2.45, 2.75) is 52.1 Å². The zero-order valence-electron chi connectivity index (χ0n) is 15.7. The van der Waals surface area contributed by atoms with Crippen molar-refractivity contribution in [1.82, 2.24) is 10.0 Å². The number of carbonyl (C=O) groups is 2. The molecule has 1 fully saturated rings. The Hall–Kier alpha value is -1.92. The molecule has 0 aliphatic carbocycles. The number of nitrogens with zero attached hydrogens (tertiary/aromatic N) is 2. The molecular formula is C20H30N2O4. The minimum atomic E-state index is -0.937. The van der Waals surface area contributed by atoms with Crippen LogP contribution in [0.2, 0.25) is 0 Å². The first-order valence-electron chi connectivity index (χ1n) is 9.48. The summed E-state index contributed by atoms with van der Waals surface area (Å²) in [6, 6.07) is 6.77. The van der Waals surface area contributed by atoms with Gasteiger partial charge in [-0.15, -0.1) is 0 Å². The van der Waals surface area contributed by atoms with Crippen molar-refractivity contribution in [1.29, 1.82) is 0 Å². The number of carboxylic acid groups (broad SMARTS) is 1. The highest BCUT2D eigenvalue weighted by atomic mass is 16.4. The Labute approximate surface area is 155 Å². The summed E-state index contributed by atoms with van der Waals surface area (Å²) in [4.78, 5) is 23.1. The Balaban J connectivity index is 1.86. The minimum Gasteiger partial charge on any atom is -0.478 e. The van der Waals surface area contributed by atoms with Gasteiger partial charge in [0.15, 0.2) is 0 Å². The molecule has 1 aromatic rings. The first kappa shape index (κ1) is 20.4. The standard InChI is InChI=1S/C20H30N2O4/c1-3-4-15(2)18(23)10-12-21-13-11-19(24)22(21)14-9-16-5-7-17(8-6-16)20(25)26/h5-8,15,18,23H,3-4,9-14H2,1-2H3,(H,25,26). The number of aromatic carboxylic acids is 1. The fourth-order valence-corrected chi connectivity index (χ4v) is 3.39. The maximum atomic E-state index is 12.2. The van der Waals surface area contributed by atoms with E-state index in [2.05, 4.69) is 13.8 Å². The highest BCUT2D eigenvalue weighted by Crippen LogP contribution is 2.18. The summed E-state index contributed by atoms with van der Waals surface area (Å²) < 4.78 is 0. The molecule has 0 spiro atoms. The van der Waals surface area contributed by atoms with Gasteiger partial charge in [-0.05, 0) is 42.9 Å². The number of hydrogen-bond acceptors (Lipinski definition) is 4. The van der Waals surface area contributed by atoms with E-state index < -0.39 is 5.97 Å². The molecule has 2 rings (SSSR count). The molecule has 1 amide bonds. The second kappa shape index (κ2) is 9.69. The number of benzene rings is 1. The van der Waals surface area contributed by atoms with Crippen molar-refractivity contribution in [2.75, 3.05) is 19.6 Å². The van der Waals surface area contributed by atoms with Crippen LogP contribution in [0.4, 0.5) is 0 Å². The average molecular weight is 362 g/mol. The van der Waals surface area contributed by atoms with Gasteiger partial charge in [0, 0.05) is 26.1 Å². The van der Waals surface area contributed by atoms with E-state index in [1.807, 2.05) is 5.01 Å². The summed E-state index contributed by atoms with van der Waals surface area (Å²) in [6.07, 6.45) is 3.59. The molecule has 0 bridgehead atoms. The molecule has 0 saturated carbocycles. The number of carboxylic acids is 1. The molecule has 2 N–H and O–H groups in total. The molecule has 26 heavy (non-hydrogen) atoms. The number of carbonyl (C=O) groups excluding carboxylic acids is 1. The van der Waals surface area contributed by atoms with Crippen LogP contribution in [0.1, 0.15) is 55.5 Å². The molecule has 0 aromatic heterocycles. The Kier molecular flexibility index (Phi) is 7.60. The zero-order valence-corrected chi connectivity index (χ0v) is 15.7. The van der Waals surface area contributed by atoms with Gasteiger partial charge in [0.25, 0.3) is 0 Å². The summed E-state index contributed by atoms with van der Waals surface area (Å²) >= 11 is 0. The summed E-state index contributed by atoms with van der Waals surface area (Å²) in [5, 5.41) is 23.0. The molecular weight excluding hydrogens is 332 g/mol. The van der Waals surface area contributed by atoms with Gasteiger partial charge in [0.05, 0.1) is 11.7 Å². The summed E-state index contributed by atoms with van der Waals surface area (Å²) in [7, 11) is 0. The van der Waals surface area contributed by atoms with E-state index >= 15 is 0 Å². The molecule has 0 radical (unpaired) electrons. The minimum absolute atomic E-state index is 0.114. The van der Waals surface area contributed by atoms with Gasteiger partial charge in [-0.3, -0.25) is 9.80 Å². The Morgan fingerprint density at radius 1 is 1.19 bits per heavy atom. The molecule has 1 heterocycles. The fraction of sp³-hybridized carbons (Fsp3) is 0.600. The maximum Gasteiger partial charge on any atom is 0.335 e. The molecule has 144 valence electrons. The van der Waals surface area contributed by atoms with E-state index in [1.54, 1.807) is 29.3 Å². The first-order chi connectivity index (χ1) is 12.4. The lowest BCUT2D eigenvalue weighted by Gasteiger charge is -2.29. The molecule has 1 saturated heterocycles. The van der Waals surface area contributed by atoms with E-state index in [-0.39, 0.29) is 23.5 Å². The molecule has 1 aromatic carbocycles. The Morgan fingerprint density at radius 3 is 2.50 bits per heavy atom. The van der Waals surface area contributed by atoms with Crippen molar-refractivity contribution in [3.8, 4) is 0 Å². The lowest BCUT2D eigenvalue weighted by molar-refractivity contribution is -0.138. The van der Waals surface area contributed by atoms with Crippen LogP contribution in [0, 0.1) is 5.92 Å². The van der Waals surface area contributed by atoms with Crippen LogP contribution in [-0.4, -0.2) is 57.8 Å². The van der Waals surface area contributed by atoms with E-state index in [0.29, 0.717) is 38.9 Å². The van der Waals surface area contributed by atoms with Crippen molar-refractivity contribution >= 4 is 11.9 Å². The van der Waals surface area contributed by atoms with Gasteiger partial charge in [-0.2, -0.15) is 0 Å². The highest BCUT2D eigenvalue weighted by molar-refractivity contribution is 5.87. The molecule has 6 heteroatoms. The molecule has 1 aliphatic rings. The summed E-state index contributed by atoms with van der Waals surface area (Å²) in [6.45, 7) is 6.14. The number of aliphatic hydroxyl groups is 1. The lowest BCUT2D eigenvalue weighted by atomic mass is 9.97. The van der Waals surface area contributed by atoms with E-state index in [0.717, 1.165) is 18.4 Å². The van der Waals surface area contributed by atoms with Crippen molar-refractivity contribution in [2.24, 2.45) is 5.92 Å². The van der Waals surface area contributed by atoms with Crippen LogP contribution in [0.25, 0.3) is 0 Å². The van der Waals surface area contributed by atoms with Crippen LogP contribution in [0.15, 0.2) is 24.3 Å². The first-order valence-corrected chi connectivity index (χ1v) is 9.48. The second-order valence-corrected chi connectivity index (χ2v) is 7.09. The van der Waals surface area contributed by atoms with Crippen molar-refractivity contribution in [3.05, 3.63) is 35.4 Å². The van der Waals surface area contributed by atoms with Gasteiger partial charge in [0.2, 0.25) is 5.91 Å². The van der Waals surface area contributed by atoms with Gasteiger partial charge in [-0.1, -0.05) is 32.4 Å². The molecule has 2 atom stereocenters. The topological polar surface area (TPSA) is 81.1 Å². The number of hydrogen-bond donors (Lipinski definition) is 2. The smallest absolute Gasteiger partial charge is 0.335 e. The highest BCUT2D eigenvalue weighted by Gasteiger charge is 2.29. The number of hydrazine groups is 1. The van der Waals surface area contributed by atoms with Crippen LogP contribution in [-0.2, 0) is 11.2 Å². The van der Waals surface area contributed by atoms with Crippen LogP contribution < -0.4 is 0 Å². The fourth-order valence-electron chi connectivity index (χ4n) is 3.39. The maximum absolute atomic E-state index is 12.2. The van der Waals surface area contributed by atoms with Gasteiger partial charge in [0.1, 0.15) is 0 Å². The van der Waals surface area contributed by atoms with Gasteiger partial charge >= 0.3 is 5.97 Å². The third-order valence-corrected chi connectivity index (χ3v) is 5.11. The van der Waals surface area contributed by atoms with E-state index in [1.165, 1.54) is 0 Å². The number of rotatable bonds is 10. The van der Waals surface area contributed by atoms with E-state index in [9.17, 15) is 14.7 Å². The normalized spacial score (nSPS) is 17.5. The zero-order chi connectivity index (χ0) is 19.1. The third-order valence-electron chi connectivity index (χ3n) is 5.11. The largest absolute Gasteiger partial charge is 0.478 e. The monoisotopic (exact) mass is 362 g/mol. The SMILES string of the molecule is CCCC(C)C(O)CCN1CCC(=O)N1CCc1ccc(C(=O)O)cc1. The molecule has 1 aliphatic heterocycles. The van der Waals surface area contributed by atoms with Gasteiger partial charge < -0.3 is 10.2 Å². The average Bonchev–Trinajstić information content (AvgIpc) is 2.98. The van der Waals surface area contributed by atoms with Gasteiger partial charge in [-0.25, -0.2) is 9.80 Å². The summed E-state index contributed by atoms with van der Waals surface area (Å²) in [5.41, 5.74) is 1.27. The Bertz CT molecular complexity index is 602. The number of amides is 1. The predicted octanol–water partition coefficient (Wildman–Crippen LogP) is 2.56. The predicted molar refractivity (Wildman–Crippen MR) is 99.7 cm³/mol. The van der Waals surface area contributed by atoms with Crippen LogP contribution in [0.5, 0.6) is 0 Å². The quantitative estimate of drug-likeness (QED) is 0.669. The lowest BCUT2D eigenvalue weighted by Crippen LogP contribution is -2.42. The van der Waals surface area contributed by atoms with Crippen LogP contribution >= 0.6 is 0 Å². The van der Waals surface area contributed by atoms with Crippen LogP contribution in [0.3, 0.4) is 0 Å². The van der Waals surface area contributed by atoms with Crippen molar-refractivity contribution in [3.63, 3.8) is 0 Å². The second-order valence-electron chi connectivity index (χ2n) is 7.09. The number of aliphatic hydroxyl groups excluding tert-OH is 1. The molecule has 2 unspecified atom stereocenters. The third kappa shape index (κ3) is 5.54. The Morgan fingerprint density at radius 2 is 1.88 bits per heavy atom.